The van der Waals surface area contributed by atoms with Crippen molar-refractivity contribution in [2.45, 2.75) is 25.8 Å². The molecule has 1 aliphatic rings. The molecule has 4 rings (SSSR count). The zero-order valence-corrected chi connectivity index (χ0v) is 14.4. The average Bonchev–Trinajstić information content (AvgIpc) is 3.10. The van der Waals surface area contributed by atoms with Gasteiger partial charge in [-0.05, 0) is 19.8 Å². The summed E-state index contributed by atoms with van der Waals surface area (Å²) in [5.41, 5.74) is 1.90. The van der Waals surface area contributed by atoms with Gasteiger partial charge in [-0.3, -0.25) is 0 Å². The summed E-state index contributed by atoms with van der Waals surface area (Å²) in [6.07, 6.45) is 5.36. The molecule has 1 aliphatic heterocycles. The van der Waals surface area contributed by atoms with Crippen LogP contribution in [0.15, 0.2) is 30.7 Å². The van der Waals surface area contributed by atoms with Gasteiger partial charge in [0.2, 0.25) is 5.88 Å². The van der Waals surface area contributed by atoms with Crippen molar-refractivity contribution in [3.05, 3.63) is 36.4 Å². The molecular formula is C17H21N7O. The first-order valence-electron chi connectivity index (χ1n) is 8.42. The fraction of sp³-hybridized carbons (Fsp3) is 0.412. The quantitative estimate of drug-likeness (QED) is 0.778. The number of hydrogen-bond acceptors (Lipinski definition) is 7. The van der Waals surface area contributed by atoms with Crippen LogP contribution in [0.1, 0.15) is 18.5 Å². The molecule has 1 N–H and O–H groups in total. The summed E-state index contributed by atoms with van der Waals surface area (Å²) in [5.74, 6) is 2.48. The summed E-state index contributed by atoms with van der Waals surface area (Å²) in [7, 11) is 1.61. The van der Waals surface area contributed by atoms with Crippen molar-refractivity contribution in [2.24, 2.45) is 0 Å². The normalized spacial score (nSPS) is 15.5. The highest BCUT2D eigenvalue weighted by molar-refractivity contribution is 5.51. The summed E-state index contributed by atoms with van der Waals surface area (Å²) < 4.78 is 7.06. The fourth-order valence-corrected chi connectivity index (χ4v) is 3.24. The maximum Gasteiger partial charge on any atom is 0.218 e. The summed E-state index contributed by atoms with van der Waals surface area (Å²) >= 11 is 0. The third-order valence-electron chi connectivity index (χ3n) is 4.49. The Bertz CT molecular complexity index is 870. The molecule has 25 heavy (non-hydrogen) atoms. The van der Waals surface area contributed by atoms with E-state index in [9.17, 15) is 0 Å². The van der Waals surface area contributed by atoms with Gasteiger partial charge in [-0.15, -0.1) is 0 Å². The summed E-state index contributed by atoms with van der Waals surface area (Å²) in [4.78, 5) is 15.2. The molecule has 0 atom stereocenters. The Hall–Kier alpha value is -2.90. The van der Waals surface area contributed by atoms with E-state index < -0.39 is 0 Å². The molecule has 0 aromatic carbocycles. The average molecular weight is 339 g/mol. The highest BCUT2D eigenvalue weighted by atomic mass is 16.5. The lowest BCUT2D eigenvalue weighted by Gasteiger charge is -2.34. The number of hydrogen-bond donors (Lipinski definition) is 1. The SMILES string of the molecule is COc1cc(NC2CCN(c3cc(C)nc4ccnn34)CC2)ncn1. The van der Waals surface area contributed by atoms with Gasteiger partial charge < -0.3 is 15.0 Å². The summed E-state index contributed by atoms with van der Waals surface area (Å²) in [6.45, 7) is 3.93. The van der Waals surface area contributed by atoms with Crippen LogP contribution in [0.2, 0.25) is 0 Å². The minimum Gasteiger partial charge on any atom is -0.481 e. The Morgan fingerprint density at radius 1 is 1.20 bits per heavy atom. The van der Waals surface area contributed by atoms with E-state index in [1.54, 1.807) is 13.3 Å². The molecule has 0 amide bonds. The third kappa shape index (κ3) is 3.19. The summed E-state index contributed by atoms with van der Waals surface area (Å²) in [5, 5.41) is 7.89. The summed E-state index contributed by atoms with van der Waals surface area (Å²) in [6, 6.07) is 6.24. The first kappa shape index (κ1) is 15.6. The van der Waals surface area contributed by atoms with Gasteiger partial charge in [0.15, 0.2) is 5.65 Å². The lowest BCUT2D eigenvalue weighted by Crippen LogP contribution is -2.40. The second-order valence-corrected chi connectivity index (χ2v) is 6.21. The second kappa shape index (κ2) is 6.54. The lowest BCUT2D eigenvalue weighted by molar-refractivity contribution is 0.397. The highest BCUT2D eigenvalue weighted by Gasteiger charge is 2.22. The van der Waals surface area contributed by atoms with Gasteiger partial charge in [-0.2, -0.15) is 9.61 Å². The van der Waals surface area contributed by atoms with Crippen molar-refractivity contribution in [2.75, 3.05) is 30.4 Å². The molecule has 1 fully saturated rings. The monoisotopic (exact) mass is 339 g/mol. The molecule has 4 heterocycles. The molecular weight excluding hydrogens is 318 g/mol. The number of anilines is 2. The predicted molar refractivity (Wildman–Crippen MR) is 95.2 cm³/mol. The molecule has 8 heteroatoms. The minimum atomic E-state index is 0.381. The van der Waals surface area contributed by atoms with Crippen molar-refractivity contribution >= 4 is 17.3 Å². The van der Waals surface area contributed by atoms with Crippen LogP contribution >= 0.6 is 0 Å². The van der Waals surface area contributed by atoms with Crippen molar-refractivity contribution in [1.29, 1.82) is 0 Å². The predicted octanol–water partition coefficient (Wildman–Crippen LogP) is 1.92. The number of piperidine rings is 1. The van der Waals surface area contributed by atoms with Gasteiger partial charge in [0, 0.05) is 43.0 Å². The molecule has 3 aromatic rings. The van der Waals surface area contributed by atoms with E-state index in [1.165, 1.54) is 6.33 Å². The number of fused-ring (bicyclic) bond motifs is 1. The standard InChI is InChI=1S/C17H21N7O/c1-12-9-17(24-15(21-12)3-6-20-24)23-7-4-13(5-8-23)22-14-10-16(25-2)19-11-18-14/h3,6,9-11,13H,4-5,7-8H2,1-2H3,(H,18,19,22). The van der Waals surface area contributed by atoms with Crippen LogP contribution in [0.4, 0.5) is 11.6 Å². The molecule has 0 spiro atoms. The number of aryl methyl sites for hydroxylation is 1. The number of nitrogens with zero attached hydrogens (tertiary/aromatic N) is 6. The molecule has 1 saturated heterocycles. The molecule has 0 bridgehead atoms. The first-order chi connectivity index (χ1) is 12.2. The number of rotatable bonds is 4. The Morgan fingerprint density at radius 3 is 2.84 bits per heavy atom. The van der Waals surface area contributed by atoms with Crippen molar-refractivity contribution < 1.29 is 4.74 Å². The van der Waals surface area contributed by atoms with E-state index in [-0.39, 0.29) is 0 Å². The van der Waals surface area contributed by atoms with Crippen LogP contribution in [0.5, 0.6) is 5.88 Å². The topological polar surface area (TPSA) is 80.5 Å². The molecule has 0 saturated carbocycles. The largest absolute Gasteiger partial charge is 0.481 e. The smallest absolute Gasteiger partial charge is 0.218 e. The van der Waals surface area contributed by atoms with Crippen LogP contribution in [-0.4, -0.2) is 50.8 Å². The van der Waals surface area contributed by atoms with Gasteiger partial charge >= 0.3 is 0 Å². The molecule has 3 aromatic heterocycles. The van der Waals surface area contributed by atoms with E-state index in [1.807, 2.05) is 23.6 Å². The zero-order chi connectivity index (χ0) is 17.2. The molecule has 0 radical (unpaired) electrons. The van der Waals surface area contributed by atoms with Crippen LogP contribution in [-0.2, 0) is 0 Å². The Labute approximate surface area is 145 Å². The van der Waals surface area contributed by atoms with Gasteiger partial charge in [0.05, 0.1) is 13.3 Å². The molecule has 0 unspecified atom stereocenters. The Kier molecular flexibility index (Phi) is 4.09. The Balaban J connectivity index is 1.45. The highest BCUT2D eigenvalue weighted by Crippen LogP contribution is 2.23. The van der Waals surface area contributed by atoms with E-state index in [2.05, 4.69) is 36.3 Å². The van der Waals surface area contributed by atoms with E-state index in [0.717, 1.165) is 48.9 Å². The van der Waals surface area contributed by atoms with Crippen molar-refractivity contribution in [1.82, 2.24) is 24.6 Å². The van der Waals surface area contributed by atoms with Gasteiger partial charge in [-0.1, -0.05) is 0 Å². The van der Waals surface area contributed by atoms with Crippen LogP contribution in [0.3, 0.4) is 0 Å². The van der Waals surface area contributed by atoms with E-state index in [0.29, 0.717) is 11.9 Å². The van der Waals surface area contributed by atoms with Gasteiger partial charge in [0.25, 0.3) is 0 Å². The number of nitrogens with one attached hydrogen (secondary N) is 1. The third-order valence-corrected chi connectivity index (χ3v) is 4.49. The van der Waals surface area contributed by atoms with Crippen molar-refractivity contribution in [3.8, 4) is 5.88 Å². The maximum atomic E-state index is 5.15. The molecule has 8 nitrogen and oxygen atoms in total. The number of methoxy groups -OCH3 is 1. The second-order valence-electron chi connectivity index (χ2n) is 6.21. The Morgan fingerprint density at radius 2 is 2.04 bits per heavy atom. The van der Waals surface area contributed by atoms with Crippen LogP contribution in [0, 0.1) is 6.92 Å². The molecule has 0 aliphatic carbocycles. The maximum absolute atomic E-state index is 5.15. The fourth-order valence-electron chi connectivity index (χ4n) is 3.24. The van der Waals surface area contributed by atoms with Gasteiger partial charge in [-0.25, -0.2) is 15.0 Å². The van der Waals surface area contributed by atoms with Crippen molar-refractivity contribution in [3.63, 3.8) is 0 Å². The van der Waals surface area contributed by atoms with Crippen LogP contribution < -0.4 is 15.0 Å². The lowest BCUT2D eigenvalue weighted by atomic mass is 10.0. The number of aromatic nitrogens is 5. The van der Waals surface area contributed by atoms with Crippen LogP contribution in [0.25, 0.3) is 5.65 Å². The minimum absolute atomic E-state index is 0.381. The molecule has 130 valence electrons. The zero-order valence-electron chi connectivity index (χ0n) is 14.4. The van der Waals surface area contributed by atoms with E-state index in [4.69, 9.17) is 4.74 Å². The van der Waals surface area contributed by atoms with E-state index >= 15 is 0 Å². The van der Waals surface area contributed by atoms with Gasteiger partial charge in [0.1, 0.15) is 18.0 Å². The number of ether oxygens (including phenoxy) is 1. The first-order valence-corrected chi connectivity index (χ1v) is 8.42.